The van der Waals surface area contributed by atoms with Gasteiger partial charge in [-0.1, -0.05) is 0 Å². The summed E-state index contributed by atoms with van der Waals surface area (Å²) < 4.78 is 0. The van der Waals surface area contributed by atoms with E-state index >= 15 is 0 Å². The third-order valence-corrected chi connectivity index (χ3v) is 5.27. The summed E-state index contributed by atoms with van der Waals surface area (Å²) in [6.45, 7) is 0. The quantitative estimate of drug-likeness (QED) is 0.602. The van der Waals surface area contributed by atoms with Crippen molar-refractivity contribution in [3.8, 4) is 0 Å². The number of carboxylic acids is 1. The number of aliphatic carboxylic acids is 1. The van der Waals surface area contributed by atoms with Crippen LogP contribution in [0.5, 0.6) is 0 Å². The molecule has 5 fully saturated rings. The van der Waals surface area contributed by atoms with Gasteiger partial charge in [-0.25, -0.2) is 0 Å². The summed E-state index contributed by atoms with van der Waals surface area (Å²) in [6, 6.07) is -0.0266. The van der Waals surface area contributed by atoms with Crippen molar-refractivity contribution in [3.63, 3.8) is 0 Å². The monoisotopic (exact) mass is 179 g/mol. The minimum atomic E-state index is -0.643. The van der Waals surface area contributed by atoms with E-state index in [4.69, 9.17) is 10.8 Å². The molecule has 0 heterocycles. The maximum Gasteiger partial charge on any atom is 0.308 e. The van der Waals surface area contributed by atoms with Crippen molar-refractivity contribution >= 4 is 5.97 Å². The Morgan fingerprint density at radius 1 is 1.15 bits per heavy atom. The molecule has 0 aromatic carbocycles. The minimum absolute atomic E-state index is 0.0266. The molecular weight excluding hydrogens is 166 g/mol. The molecule has 3 N–H and O–H groups in total. The molecule has 3 nitrogen and oxygen atoms in total. The molecule has 13 heavy (non-hydrogen) atoms. The van der Waals surface area contributed by atoms with Crippen molar-refractivity contribution in [1.29, 1.82) is 0 Å². The number of nitrogens with two attached hydrogens (primary N) is 1. The lowest BCUT2D eigenvalue weighted by molar-refractivity contribution is -0.144. The highest BCUT2D eigenvalue weighted by Crippen LogP contribution is 2.81. The molecule has 6 bridgehead atoms. The normalized spacial score (nSPS) is 70.2. The molecule has 5 aliphatic carbocycles. The maximum atomic E-state index is 11.0. The molecule has 0 spiro atoms. The van der Waals surface area contributed by atoms with Crippen LogP contribution in [-0.4, -0.2) is 17.1 Å². The summed E-state index contributed by atoms with van der Waals surface area (Å²) >= 11 is 0. The average molecular weight is 179 g/mol. The second-order valence-electron chi connectivity index (χ2n) is 5.31. The van der Waals surface area contributed by atoms with Crippen LogP contribution in [0.25, 0.3) is 0 Å². The summed E-state index contributed by atoms with van der Waals surface area (Å²) in [4.78, 5) is 11.0. The molecule has 3 heteroatoms. The van der Waals surface area contributed by atoms with Gasteiger partial charge in [0.15, 0.2) is 0 Å². The lowest BCUT2D eigenvalue weighted by Gasteiger charge is -2.23. The van der Waals surface area contributed by atoms with Gasteiger partial charge in [-0.2, -0.15) is 0 Å². The van der Waals surface area contributed by atoms with E-state index in [1.165, 1.54) is 6.42 Å². The number of hydrogen-bond acceptors (Lipinski definition) is 2. The van der Waals surface area contributed by atoms with Crippen LogP contribution in [0.1, 0.15) is 6.42 Å². The lowest BCUT2D eigenvalue weighted by Crippen LogP contribution is -2.41. The highest BCUT2D eigenvalue weighted by atomic mass is 16.4. The molecule has 5 aliphatic rings. The Morgan fingerprint density at radius 2 is 1.77 bits per heavy atom. The van der Waals surface area contributed by atoms with Gasteiger partial charge in [-0.3, -0.25) is 4.79 Å². The molecular formula is C10H13NO2. The molecule has 0 aromatic heterocycles. The van der Waals surface area contributed by atoms with Crippen LogP contribution in [0.15, 0.2) is 0 Å². The Morgan fingerprint density at radius 3 is 2.31 bits per heavy atom. The predicted octanol–water partition coefficient (Wildman–Crippen LogP) is 0.156. The van der Waals surface area contributed by atoms with E-state index in [-0.39, 0.29) is 12.0 Å². The van der Waals surface area contributed by atoms with Gasteiger partial charge >= 0.3 is 5.97 Å². The molecule has 6 unspecified atom stereocenters. The first-order chi connectivity index (χ1) is 6.22. The van der Waals surface area contributed by atoms with Gasteiger partial charge < -0.3 is 10.8 Å². The van der Waals surface area contributed by atoms with Crippen molar-refractivity contribution in [2.75, 3.05) is 0 Å². The van der Waals surface area contributed by atoms with Gasteiger partial charge in [0, 0.05) is 6.04 Å². The van der Waals surface area contributed by atoms with E-state index < -0.39 is 5.97 Å². The summed E-state index contributed by atoms with van der Waals surface area (Å²) in [5.74, 6) is 3.40. The Hall–Kier alpha value is -0.570. The Kier molecular flexibility index (Phi) is 0.867. The predicted molar refractivity (Wildman–Crippen MR) is 44.7 cm³/mol. The van der Waals surface area contributed by atoms with Gasteiger partial charge in [0.1, 0.15) is 0 Å². The van der Waals surface area contributed by atoms with Gasteiger partial charge in [-0.05, 0) is 41.9 Å². The Labute approximate surface area is 76.3 Å². The molecule has 0 amide bonds. The Balaban J connectivity index is 1.81. The number of carboxylic acid groups (broad SMARTS) is 1. The smallest absolute Gasteiger partial charge is 0.308 e. The zero-order valence-corrected chi connectivity index (χ0v) is 7.26. The highest BCUT2D eigenvalue weighted by molar-refractivity contribution is 5.73. The van der Waals surface area contributed by atoms with Crippen molar-refractivity contribution in [3.05, 3.63) is 0 Å². The number of carbonyl (C=O) groups is 1. The minimum Gasteiger partial charge on any atom is -0.481 e. The summed E-state index contributed by atoms with van der Waals surface area (Å²) in [6.07, 6.45) is 1.29. The van der Waals surface area contributed by atoms with Crippen LogP contribution >= 0.6 is 0 Å². The van der Waals surface area contributed by atoms with Crippen molar-refractivity contribution in [1.82, 2.24) is 0 Å². The van der Waals surface area contributed by atoms with Crippen LogP contribution in [0.2, 0.25) is 0 Å². The highest BCUT2D eigenvalue weighted by Gasteiger charge is 2.80. The molecule has 8 atom stereocenters. The zero-order chi connectivity index (χ0) is 8.90. The molecule has 0 aromatic rings. The third kappa shape index (κ3) is 0.492. The van der Waals surface area contributed by atoms with E-state index in [1.807, 2.05) is 0 Å². The number of hydrogen-bond donors (Lipinski definition) is 2. The van der Waals surface area contributed by atoms with Gasteiger partial charge in [0.2, 0.25) is 0 Å². The number of rotatable bonds is 1. The third-order valence-electron chi connectivity index (χ3n) is 5.27. The van der Waals surface area contributed by atoms with E-state index in [0.717, 1.165) is 17.8 Å². The van der Waals surface area contributed by atoms with E-state index in [0.29, 0.717) is 17.8 Å². The van der Waals surface area contributed by atoms with E-state index in [2.05, 4.69) is 0 Å². The van der Waals surface area contributed by atoms with Crippen molar-refractivity contribution in [2.24, 2.45) is 47.2 Å². The van der Waals surface area contributed by atoms with Gasteiger partial charge in [0.05, 0.1) is 5.92 Å². The lowest BCUT2D eigenvalue weighted by atomic mass is 9.85. The fourth-order valence-electron chi connectivity index (χ4n) is 5.16. The molecule has 0 aliphatic heterocycles. The molecule has 70 valence electrons. The molecule has 5 rings (SSSR count). The first kappa shape index (κ1) is 6.82. The largest absolute Gasteiger partial charge is 0.481 e. The first-order valence-corrected chi connectivity index (χ1v) is 5.20. The van der Waals surface area contributed by atoms with Gasteiger partial charge in [-0.15, -0.1) is 0 Å². The second kappa shape index (κ2) is 1.65. The van der Waals surface area contributed by atoms with E-state index in [1.54, 1.807) is 0 Å². The summed E-state index contributed by atoms with van der Waals surface area (Å²) in [5, 5.41) is 9.10. The SMILES string of the molecule is N[C@H]1C2C3CC4C(C42)C3[C@H]1C(=O)O. The second-order valence-corrected chi connectivity index (χ2v) is 5.31. The topological polar surface area (TPSA) is 63.3 Å². The van der Waals surface area contributed by atoms with Crippen LogP contribution in [0.4, 0.5) is 0 Å². The standard InChI is InChI=1S/C10H13NO2/c11-9-7-3-1-2-4(5(2)7)6(3)8(9)10(12)13/h2-9H,1,11H2,(H,12,13)/t2?,3?,4?,5?,6?,7?,8-,9+/m1/s1. The average Bonchev–Trinajstić information content (AvgIpc) is 2.49. The van der Waals surface area contributed by atoms with Crippen LogP contribution in [0, 0.1) is 41.4 Å². The maximum absolute atomic E-state index is 11.0. The van der Waals surface area contributed by atoms with Crippen LogP contribution in [-0.2, 0) is 4.79 Å². The van der Waals surface area contributed by atoms with Crippen molar-refractivity contribution < 1.29 is 9.90 Å². The summed E-state index contributed by atoms with van der Waals surface area (Å²) in [7, 11) is 0. The van der Waals surface area contributed by atoms with Crippen molar-refractivity contribution in [2.45, 2.75) is 12.5 Å². The fraction of sp³-hybridized carbons (Fsp3) is 0.900. The zero-order valence-electron chi connectivity index (χ0n) is 7.26. The van der Waals surface area contributed by atoms with Crippen LogP contribution in [0.3, 0.4) is 0 Å². The van der Waals surface area contributed by atoms with Crippen LogP contribution < -0.4 is 5.73 Å². The summed E-state index contributed by atoms with van der Waals surface area (Å²) in [5.41, 5.74) is 6.02. The van der Waals surface area contributed by atoms with E-state index in [9.17, 15) is 4.79 Å². The molecule has 0 radical (unpaired) electrons. The first-order valence-electron chi connectivity index (χ1n) is 5.20. The molecule has 5 saturated carbocycles. The van der Waals surface area contributed by atoms with Gasteiger partial charge in [0.25, 0.3) is 0 Å². The fourth-order valence-corrected chi connectivity index (χ4v) is 5.16. The Bertz CT molecular complexity index is 316. The molecule has 0 saturated heterocycles.